The topological polar surface area (TPSA) is 84.2 Å². The fourth-order valence-corrected chi connectivity index (χ4v) is 2.98. The van der Waals surface area contributed by atoms with Crippen molar-refractivity contribution in [2.24, 2.45) is 5.73 Å². The first-order chi connectivity index (χ1) is 11.0. The number of urea groups is 1. The minimum Gasteiger partial charge on any atom is -0.352 e. The number of primary amides is 1. The molecule has 0 aliphatic heterocycles. The average molecular weight is 335 g/mol. The lowest BCUT2D eigenvalue weighted by molar-refractivity contribution is -0.122. The Hall–Kier alpha value is -2.41. The molecule has 2 rings (SSSR count). The van der Waals surface area contributed by atoms with Crippen molar-refractivity contribution in [3.63, 3.8) is 0 Å². The summed E-state index contributed by atoms with van der Waals surface area (Å²) >= 11 is 1.44. The van der Waals surface area contributed by atoms with Gasteiger partial charge in [-0.2, -0.15) is 0 Å². The van der Waals surface area contributed by atoms with Gasteiger partial charge in [0.1, 0.15) is 5.82 Å². The highest BCUT2D eigenvalue weighted by molar-refractivity contribution is 7.10. The van der Waals surface area contributed by atoms with E-state index in [1.807, 2.05) is 24.4 Å². The molecule has 7 heteroatoms. The van der Waals surface area contributed by atoms with E-state index in [0.717, 1.165) is 10.4 Å². The molecule has 0 aliphatic carbocycles. The number of nitrogens with one attached hydrogen (secondary N) is 2. The fourth-order valence-electron chi connectivity index (χ4n) is 2.20. The number of amides is 3. The molecule has 1 aromatic carbocycles. The zero-order valence-corrected chi connectivity index (χ0v) is 13.4. The Morgan fingerprint density at radius 1 is 1.22 bits per heavy atom. The summed E-state index contributed by atoms with van der Waals surface area (Å²) in [6, 6.07) is 8.22. The molecule has 23 heavy (non-hydrogen) atoms. The van der Waals surface area contributed by atoms with Crippen LogP contribution in [0, 0.1) is 5.82 Å². The lowest BCUT2D eigenvalue weighted by Gasteiger charge is -2.19. The van der Waals surface area contributed by atoms with E-state index in [9.17, 15) is 14.0 Å². The Balaban J connectivity index is 1.98. The number of carbonyl (C=O) groups is 2. The van der Waals surface area contributed by atoms with Crippen LogP contribution in [0.15, 0.2) is 41.8 Å². The second-order valence-electron chi connectivity index (χ2n) is 5.12. The molecule has 0 aliphatic rings. The molecular weight excluding hydrogens is 317 g/mol. The molecule has 2 aromatic rings. The molecule has 0 saturated carbocycles. The van der Waals surface area contributed by atoms with Crippen LogP contribution in [0.3, 0.4) is 0 Å². The quantitative estimate of drug-likeness (QED) is 0.758. The molecular formula is C16H18FN3O2S. The van der Waals surface area contributed by atoms with Crippen molar-refractivity contribution in [2.45, 2.75) is 25.4 Å². The van der Waals surface area contributed by atoms with Crippen LogP contribution >= 0.6 is 11.3 Å². The number of nitrogens with two attached hydrogens (primary N) is 1. The van der Waals surface area contributed by atoms with E-state index in [1.165, 1.54) is 23.5 Å². The zero-order valence-electron chi connectivity index (χ0n) is 12.6. The van der Waals surface area contributed by atoms with Crippen LogP contribution in [-0.2, 0) is 4.79 Å². The molecule has 2 atom stereocenters. The summed E-state index contributed by atoms with van der Waals surface area (Å²) in [7, 11) is 0. The van der Waals surface area contributed by atoms with Crippen molar-refractivity contribution in [3.8, 4) is 0 Å². The third kappa shape index (κ3) is 5.07. The predicted molar refractivity (Wildman–Crippen MR) is 87.4 cm³/mol. The zero-order chi connectivity index (χ0) is 16.8. The fraction of sp³-hybridized carbons (Fsp3) is 0.250. The van der Waals surface area contributed by atoms with Crippen LogP contribution in [0.4, 0.5) is 9.18 Å². The summed E-state index contributed by atoms with van der Waals surface area (Å²) in [6.45, 7) is 1.81. The normalized spacial score (nSPS) is 13.1. The van der Waals surface area contributed by atoms with Gasteiger partial charge in [-0.15, -0.1) is 11.3 Å². The third-order valence-electron chi connectivity index (χ3n) is 3.34. The van der Waals surface area contributed by atoms with Gasteiger partial charge >= 0.3 is 6.03 Å². The molecule has 0 radical (unpaired) electrons. The van der Waals surface area contributed by atoms with Crippen molar-refractivity contribution in [1.82, 2.24) is 10.6 Å². The van der Waals surface area contributed by atoms with E-state index in [4.69, 9.17) is 5.73 Å². The SMILES string of the molecule is C[C@@H](NC(=O)C[C@H](NC(N)=O)c1cccs1)c1ccc(F)cc1. The van der Waals surface area contributed by atoms with Gasteiger partial charge in [-0.25, -0.2) is 9.18 Å². The van der Waals surface area contributed by atoms with Crippen molar-refractivity contribution < 1.29 is 14.0 Å². The van der Waals surface area contributed by atoms with Crippen molar-refractivity contribution in [3.05, 3.63) is 58.0 Å². The number of halogens is 1. The molecule has 0 saturated heterocycles. The highest BCUT2D eigenvalue weighted by Crippen LogP contribution is 2.22. The largest absolute Gasteiger partial charge is 0.352 e. The first kappa shape index (κ1) is 17.0. The maximum atomic E-state index is 12.9. The average Bonchev–Trinajstić information content (AvgIpc) is 3.00. The second kappa shape index (κ2) is 7.73. The first-order valence-corrected chi connectivity index (χ1v) is 7.98. The van der Waals surface area contributed by atoms with Gasteiger partial charge in [-0.3, -0.25) is 4.79 Å². The van der Waals surface area contributed by atoms with E-state index < -0.39 is 12.1 Å². The third-order valence-corrected chi connectivity index (χ3v) is 4.33. The van der Waals surface area contributed by atoms with E-state index in [2.05, 4.69) is 10.6 Å². The van der Waals surface area contributed by atoms with Gasteiger partial charge in [0.05, 0.1) is 18.5 Å². The Bertz CT molecular complexity index is 658. The molecule has 0 unspecified atom stereocenters. The van der Waals surface area contributed by atoms with Crippen LogP contribution in [0.1, 0.15) is 35.9 Å². The minimum atomic E-state index is -0.678. The Labute approximate surface area is 137 Å². The number of hydrogen-bond donors (Lipinski definition) is 3. The number of hydrogen-bond acceptors (Lipinski definition) is 3. The lowest BCUT2D eigenvalue weighted by atomic mass is 10.1. The second-order valence-corrected chi connectivity index (χ2v) is 6.10. The molecule has 1 heterocycles. The lowest BCUT2D eigenvalue weighted by Crippen LogP contribution is -2.36. The van der Waals surface area contributed by atoms with Gasteiger partial charge in [0.25, 0.3) is 0 Å². The Morgan fingerprint density at radius 2 is 1.91 bits per heavy atom. The molecule has 0 fully saturated rings. The maximum Gasteiger partial charge on any atom is 0.312 e. The molecule has 4 N–H and O–H groups in total. The van der Waals surface area contributed by atoms with Gasteiger partial charge in [0, 0.05) is 4.88 Å². The van der Waals surface area contributed by atoms with Crippen molar-refractivity contribution >= 4 is 23.3 Å². The summed E-state index contributed by atoms with van der Waals surface area (Å²) in [5.74, 6) is -0.551. The Morgan fingerprint density at radius 3 is 2.48 bits per heavy atom. The standard InChI is InChI=1S/C16H18FN3O2S/c1-10(11-4-6-12(17)7-5-11)19-15(21)9-13(20-16(18)22)14-3-2-8-23-14/h2-8,10,13H,9H2,1H3,(H,19,21)(H3,18,20,22)/t10-,13+/m1/s1. The van der Waals surface area contributed by atoms with Gasteiger partial charge in [0.2, 0.25) is 5.91 Å². The van der Waals surface area contributed by atoms with Crippen LogP contribution in [0.25, 0.3) is 0 Å². The summed E-state index contributed by atoms with van der Waals surface area (Å²) in [4.78, 5) is 24.2. The number of rotatable bonds is 6. The molecule has 5 nitrogen and oxygen atoms in total. The highest BCUT2D eigenvalue weighted by Gasteiger charge is 2.19. The maximum absolute atomic E-state index is 12.9. The van der Waals surface area contributed by atoms with Crippen LogP contribution in [0.5, 0.6) is 0 Å². The smallest absolute Gasteiger partial charge is 0.312 e. The van der Waals surface area contributed by atoms with Crippen molar-refractivity contribution in [1.29, 1.82) is 0 Å². The Kier molecular flexibility index (Phi) is 5.70. The minimum absolute atomic E-state index is 0.0784. The first-order valence-electron chi connectivity index (χ1n) is 7.10. The van der Waals surface area contributed by atoms with Gasteiger partial charge in [-0.05, 0) is 36.1 Å². The van der Waals surface area contributed by atoms with Gasteiger partial charge < -0.3 is 16.4 Å². The summed E-state index contributed by atoms with van der Waals surface area (Å²) in [5, 5.41) is 7.27. The van der Waals surface area contributed by atoms with E-state index in [1.54, 1.807) is 12.1 Å². The van der Waals surface area contributed by atoms with E-state index in [-0.39, 0.29) is 24.2 Å². The molecule has 0 spiro atoms. The molecule has 3 amide bonds. The molecule has 1 aromatic heterocycles. The van der Waals surface area contributed by atoms with Crippen LogP contribution in [-0.4, -0.2) is 11.9 Å². The van der Waals surface area contributed by atoms with E-state index >= 15 is 0 Å². The number of thiophene rings is 1. The van der Waals surface area contributed by atoms with E-state index in [0.29, 0.717) is 0 Å². The predicted octanol–water partition coefficient (Wildman–Crippen LogP) is 2.86. The van der Waals surface area contributed by atoms with Crippen molar-refractivity contribution in [2.75, 3.05) is 0 Å². The summed E-state index contributed by atoms with van der Waals surface area (Å²) < 4.78 is 12.9. The highest BCUT2D eigenvalue weighted by atomic mass is 32.1. The summed E-state index contributed by atoms with van der Waals surface area (Å²) in [5.41, 5.74) is 5.97. The summed E-state index contributed by atoms with van der Waals surface area (Å²) in [6.07, 6.45) is 0.0784. The number of carbonyl (C=O) groups excluding carboxylic acids is 2. The van der Waals surface area contributed by atoms with Gasteiger partial charge in [-0.1, -0.05) is 18.2 Å². The molecule has 122 valence electrons. The van der Waals surface area contributed by atoms with Crippen LogP contribution < -0.4 is 16.4 Å². The van der Waals surface area contributed by atoms with Gasteiger partial charge in [0.15, 0.2) is 0 Å². The van der Waals surface area contributed by atoms with Crippen LogP contribution in [0.2, 0.25) is 0 Å². The molecule has 0 bridgehead atoms. The monoisotopic (exact) mass is 335 g/mol. The number of benzene rings is 1.